The number of benzene rings is 2. The van der Waals surface area contributed by atoms with Gasteiger partial charge in [-0.15, -0.1) is 0 Å². The van der Waals surface area contributed by atoms with Crippen molar-refractivity contribution in [3.8, 4) is 16.9 Å². The number of rotatable bonds is 5. The normalized spacial score (nSPS) is 11.3. The van der Waals surface area contributed by atoms with Gasteiger partial charge in [0.25, 0.3) is 0 Å². The van der Waals surface area contributed by atoms with Crippen LogP contribution in [0.1, 0.15) is 6.92 Å². The van der Waals surface area contributed by atoms with E-state index in [9.17, 15) is 17.6 Å². The summed E-state index contributed by atoms with van der Waals surface area (Å²) in [5, 5.41) is 0. The number of imidazole rings is 1. The van der Waals surface area contributed by atoms with E-state index in [1.165, 1.54) is 24.3 Å². The summed E-state index contributed by atoms with van der Waals surface area (Å²) in [7, 11) is -3.72. The molecule has 3 rings (SSSR count). The Balaban J connectivity index is 1.90. The molecule has 0 spiro atoms. The third-order valence-electron chi connectivity index (χ3n) is 3.67. The first-order valence-electron chi connectivity index (χ1n) is 7.62. The van der Waals surface area contributed by atoms with E-state index in [4.69, 9.17) is 0 Å². The predicted molar refractivity (Wildman–Crippen MR) is 92.8 cm³/mol. The molecule has 0 unspecified atom stereocenters. The SMILES string of the molecule is CC(=O)OCS(=O)(=O)c1ccc(-n2cncc2-c2ccc(F)cc2)cc1. The zero-order valence-electron chi connectivity index (χ0n) is 13.8. The van der Waals surface area contributed by atoms with Crippen molar-refractivity contribution in [1.29, 1.82) is 0 Å². The van der Waals surface area contributed by atoms with E-state index in [1.54, 1.807) is 41.4 Å². The van der Waals surface area contributed by atoms with Crippen molar-refractivity contribution in [3.63, 3.8) is 0 Å². The van der Waals surface area contributed by atoms with Crippen LogP contribution >= 0.6 is 0 Å². The van der Waals surface area contributed by atoms with Gasteiger partial charge in [0.15, 0.2) is 5.94 Å². The Morgan fingerprint density at radius 1 is 1.12 bits per heavy atom. The van der Waals surface area contributed by atoms with E-state index in [2.05, 4.69) is 9.72 Å². The molecule has 8 heteroatoms. The Hall–Kier alpha value is -3.00. The van der Waals surface area contributed by atoms with Gasteiger partial charge in [0.2, 0.25) is 9.84 Å². The monoisotopic (exact) mass is 374 g/mol. The van der Waals surface area contributed by atoms with Gasteiger partial charge >= 0.3 is 5.97 Å². The highest BCUT2D eigenvalue weighted by Gasteiger charge is 2.16. The van der Waals surface area contributed by atoms with Crippen molar-refractivity contribution >= 4 is 15.8 Å². The van der Waals surface area contributed by atoms with Gasteiger partial charge in [-0.2, -0.15) is 0 Å². The molecule has 0 N–H and O–H groups in total. The molecule has 0 saturated carbocycles. The highest BCUT2D eigenvalue weighted by molar-refractivity contribution is 7.91. The number of aromatic nitrogens is 2. The van der Waals surface area contributed by atoms with Gasteiger partial charge in [-0.25, -0.2) is 17.8 Å². The minimum absolute atomic E-state index is 0.0472. The van der Waals surface area contributed by atoms with Crippen LogP contribution in [-0.2, 0) is 19.4 Å². The Kier molecular flexibility index (Phi) is 4.85. The Morgan fingerprint density at radius 3 is 2.38 bits per heavy atom. The van der Waals surface area contributed by atoms with Crippen LogP contribution in [0.15, 0.2) is 66.0 Å². The number of hydrogen-bond donors (Lipinski definition) is 0. The summed E-state index contributed by atoms with van der Waals surface area (Å²) in [5.41, 5.74) is 2.20. The van der Waals surface area contributed by atoms with Crippen LogP contribution in [0.4, 0.5) is 4.39 Å². The summed E-state index contributed by atoms with van der Waals surface area (Å²) in [5.74, 6) is -1.69. The minimum atomic E-state index is -3.72. The highest BCUT2D eigenvalue weighted by atomic mass is 32.2. The molecule has 3 aromatic rings. The van der Waals surface area contributed by atoms with Crippen molar-refractivity contribution in [3.05, 3.63) is 66.9 Å². The van der Waals surface area contributed by atoms with Crippen molar-refractivity contribution < 1.29 is 22.3 Å². The molecular weight excluding hydrogens is 359 g/mol. The van der Waals surface area contributed by atoms with Gasteiger partial charge in [0, 0.05) is 18.2 Å². The number of carbonyl (C=O) groups excluding carboxylic acids is 1. The molecule has 0 fully saturated rings. The molecule has 0 aliphatic heterocycles. The molecule has 26 heavy (non-hydrogen) atoms. The number of ether oxygens (including phenoxy) is 1. The van der Waals surface area contributed by atoms with Crippen molar-refractivity contribution in [2.45, 2.75) is 11.8 Å². The van der Waals surface area contributed by atoms with Crippen LogP contribution in [0.3, 0.4) is 0 Å². The summed E-state index contributed by atoms with van der Waals surface area (Å²) < 4.78 is 43.7. The summed E-state index contributed by atoms with van der Waals surface area (Å²) >= 11 is 0. The summed E-state index contributed by atoms with van der Waals surface area (Å²) in [6.07, 6.45) is 3.22. The van der Waals surface area contributed by atoms with Crippen molar-refractivity contribution in [1.82, 2.24) is 9.55 Å². The second kappa shape index (κ2) is 7.09. The molecular formula is C18H15FN2O4S. The lowest BCUT2D eigenvalue weighted by atomic mass is 10.1. The highest BCUT2D eigenvalue weighted by Crippen LogP contribution is 2.24. The second-order valence-corrected chi connectivity index (χ2v) is 7.45. The molecule has 0 radical (unpaired) electrons. The Bertz CT molecular complexity index is 1030. The second-order valence-electron chi connectivity index (χ2n) is 5.52. The van der Waals surface area contributed by atoms with Gasteiger partial charge in [-0.05, 0) is 48.5 Å². The first kappa shape index (κ1) is 17.8. The Labute approximate surface area is 149 Å². The fourth-order valence-electron chi connectivity index (χ4n) is 2.38. The molecule has 0 amide bonds. The number of carbonyl (C=O) groups is 1. The lowest BCUT2D eigenvalue weighted by molar-refractivity contribution is -0.138. The van der Waals surface area contributed by atoms with Gasteiger partial charge in [-0.3, -0.25) is 9.36 Å². The molecule has 0 saturated heterocycles. The number of sulfone groups is 1. The standard InChI is InChI=1S/C18H15FN2O4S/c1-13(22)25-12-26(23,24)17-8-6-16(7-9-17)21-11-20-10-18(21)14-2-4-15(19)5-3-14/h2-11H,12H2,1H3. The fraction of sp³-hybridized carbons (Fsp3) is 0.111. The van der Waals surface area contributed by atoms with Gasteiger partial charge < -0.3 is 4.74 Å². The topological polar surface area (TPSA) is 78.3 Å². The van der Waals surface area contributed by atoms with Crippen LogP contribution in [0.2, 0.25) is 0 Å². The maximum Gasteiger partial charge on any atom is 0.303 e. The number of nitrogens with zero attached hydrogens (tertiary/aromatic N) is 2. The number of hydrogen-bond acceptors (Lipinski definition) is 5. The summed E-state index contributed by atoms with van der Waals surface area (Å²) in [6.45, 7) is 1.15. The molecule has 0 atom stereocenters. The quantitative estimate of drug-likeness (QED) is 0.642. The Morgan fingerprint density at radius 2 is 1.77 bits per heavy atom. The van der Waals surface area contributed by atoms with E-state index in [0.717, 1.165) is 18.2 Å². The van der Waals surface area contributed by atoms with Crippen molar-refractivity contribution in [2.75, 3.05) is 5.94 Å². The largest absolute Gasteiger partial charge is 0.449 e. The smallest absolute Gasteiger partial charge is 0.303 e. The lowest BCUT2D eigenvalue weighted by Gasteiger charge is -2.10. The minimum Gasteiger partial charge on any atom is -0.449 e. The number of halogens is 1. The van der Waals surface area contributed by atoms with Crippen molar-refractivity contribution in [2.24, 2.45) is 0 Å². The summed E-state index contributed by atoms with van der Waals surface area (Å²) in [6, 6.07) is 12.1. The van der Waals surface area contributed by atoms with Gasteiger partial charge in [0.05, 0.1) is 23.1 Å². The van der Waals surface area contributed by atoms with E-state index in [-0.39, 0.29) is 10.7 Å². The van der Waals surface area contributed by atoms with Crippen LogP contribution in [-0.4, -0.2) is 29.9 Å². The molecule has 1 aromatic heterocycles. The predicted octanol–water partition coefficient (Wildman–Crippen LogP) is 2.97. The average Bonchev–Trinajstić information content (AvgIpc) is 3.10. The van der Waals surface area contributed by atoms with Crippen LogP contribution < -0.4 is 0 Å². The fourth-order valence-corrected chi connectivity index (χ4v) is 3.39. The zero-order valence-corrected chi connectivity index (χ0v) is 14.6. The maximum atomic E-state index is 13.1. The van der Waals surface area contributed by atoms with E-state index in [1.807, 2.05) is 0 Å². The lowest BCUT2D eigenvalue weighted by Crippen LogP contribution is -2.12. The summed E-state index contributed by atoms with van der Waals surface area (Å²) in [4.78, 5) is 15.0. The molecule has 134 valence electrons. The van der Waals surface area contributed by atoms with E-state index < -0.39 is 21.7 Å². The molecule has 0 bridgehead atoms. The molecule has 2 aromatic carbocycles. The molecule has 1 heterocycles. The van der Waals surface area contributed by atoms with E-state index in [0.29, 0.717) is 5.69 Å². The third-order valence-corrected chi connectivity index (χ3v) is 5.09. The average molecular weight is 374 g/mol. The molecule has 0 aliphatic rings. The van der Waals surface area contributed by atoms with Gasteiger partial charge in [-0.1, -0.05) is 0 Å². The third kappa shape index (κ3) is 3.80. The molecule has 6 nitrogen and oxygen atoms in total. The zero-order chi connectivity index (χ0) is 18.7. The van der Waals surface area contributed by atoms with Gasteiger partial charge in [0.1, 0.15) is 5.82 Å². The van der Waals surface area contributed by atoms with Crippen LogP contribution in [0.5, 0.6) is 0 Å². The first-order chi connectivity index (χ1) is 12.4. The first-order valence-corrected chi connectivity index (χ1v) is 9.27. The van der Waals surface area contributed by atoms with Crippen LogP contribution in [0, 0.1) is 5.82 Å². The molecule has 0 aliphatic carbocycles. The maximum absolute atomic E-state index is 13.1. The number of esters is 1. The van der Waals surface area contributed by atoms with E-state index >= 15 is 0 Å². The van der Waals surface area contributed by atoms with Crippen LogP contribution in [0.25, 0.3) is 16.9 Å².